The van der Waals surface area contributed by atoms with Crippen molar-refractivity contribution >= 4 is 44.3 Å². The monoisotopic (exact) mass is 427 g/mol. The molecule has 0 aliphatic rings. The van der Waals surface area contributed by atoms with Gasteiger partial charge in [-0.05, 0) is 37.2 Å². The second-order valence-electron chi connectivity index (χ2n) is 4.81. The Hall–Kier alpha value is -0.670. The molecule has 1 rings (SSSR count). The lowest BCUT2D eigenvalue weighted by molar-refractivity contribution is -0.121. The molecular weight excluding hydrogens is 406 g/mol. The van der Waals surface area contributed by atoms with E-state index in [-0.39, 0.29) is 29.8 Å². The average Bonchev–Trinajstić information content (AvgIpc) is 2.47. The summed E-state index contributed by atoms with van der Waals surface area (Å²) in [6.07, 6.45) is 1.03. The summed E-state index contributed by atoms with van der Waals surface area (Å²) in [7, 11) is -2.26. The zero-order valence-corrected chi connectivity index (χ0v) is 16.4. The molecule has 23 heavy (non-hydrogen) atoms. The maximum absolute atomic E-state index is 12.3. The van der Waals surface area contributed by atoms with E-state index >= 15 is 0 Å². The fraction of sp³-hybridized carbons (Fsp3) is 0.500. The molecule has 2 N–H and O–H groups in total. The third-order valence-electron chi connectivity index (χ3n) is 2.94. The van der Waals surface area contributed by atoms with Gasteiger partial charge in [-0.3, -0.25) is 4.79 Å². The molecule has 0 unspecified atom stereocenters. The van der Waals surface area contributed by atoms with Crippen molar-refractivity contribution in [1.82, 2.24) is 14.9 Å². The van der Waals surface area contributed by atoms with Crippen LogP contribution in [-0.2, 0) is 14.8 Å². The number of nitrogens with one attached hydrogen (secondary N) is 2. The van der Waals surface area contributed by atoms with E-state index in [2.05, 4.69) is 33.5 Å². The van der Waals surface area contributed by atoms with E-state index < -0.39 is 10.0 Å². The Morgan fingerprint density at radius 3 is 2.35 bits per heavy atom. The lowest BCUT2D eigenvalue weighted by atomic mass is 10.4. The molecule has 6 nitrogen and oxygen atoms in total. The lowest BCUT2D eigenvalue weighted by Crippen LogP contribution is -2.40. The molecule has 0 heterocycles. The largest absolute Gasteiger partial charge is 0.354 e. The molecule has 0 saturated carbocycles. The Labute approximate surface area is 152 Å². The second kappa shape index (κ2) is 11.0. The van der Waals surface area contributed by atoms with Gasteiger partial charge in [0.25, 0.3) is 0 Å². The van der Waals surface area contributed by atoms with E-state index in [1.807, 2.05) is 0 Å². The van der Waals surface area contributed by atoms with Gasteiger partial charge >= 0.3 is 0 Å². The Morgan fingerprint density at radius 2 is 1.78 bits per heavy atom. The fourth-order valence-electron chi connectivity index (χ4n) is 1.72. The Bertz CT molecular complexity index is 581. The molecular formula is C14H23BrClN3O3S. The molecule has 0 aliphatic carbocycles. The first-order valence-electron chi connectivity index (χ1n) is 7.07. The van der Waals surface area contributed by atoms with Gasteiger partial charge in [0, 0.05) is 24.6 Å². The van der Waals surface area contributed by atoms with Crippen molar-refractivity contribution in [2.24, 2.45) is 0 Å². The Kier molecular flexibility index (Phi) is 10.7. The van der Waals surface area contributed by atoms with Gasteiger partial charge in [-0.25, -0.2) is 8.42 Å². The molecule has 0 spiro atoms. The predicted molar refractivity (Wildman–Crippen MR) is 97.4 cm³/mol. The molecule has 0 aliphatic heterocycles. The predicted octanol–water partition coefficient (Wildman–Crippen LogP) is 1.61. The summed E-state index contributed by atoms with van der Waals surface area (Å²) in [6.45, 7) is 3.90. The van der Waals surface area contributed by atoms with Crippen LogP contribution in [0.3, 0.4) is 0 Å². The van der Waals surface area contributed by atoms with Crippen LogP contribution in [0.4, 0.5) is 0 Å². The van der Waals surface area contributed by atoms with Crippen molar-refractivity contribution in [2.45, 2.75) is 18.2 Å². The Balaban J connectivity index is 0.00000484. The van der Waals surface area contributed by atoms with E-state index in [0.29, 0.717) is 13.1 Å². The number of rotatable bonds is 9. The van der Waals surface area contributed by atoms with Crippen LogP contribution in [0.5, 0.6) is 0 Å². The highest BCUT2D eigenvalue weighted by Gasteiger charge is 2.22. The van der Waals surface area contributed by atoms with E-state index in [4.69, 9.17) is 0 Å². The van der Waals surface area contributed by atoms with Crippen molar-refractivity contribution in [3.63, 3.8) is 0 Å². The lowest BCUT2D eigenvalue weighted by Gasteiger charge is -2.17. The minimum absolute atomic E-state index is 0. The van der Waals surface area contributed by atoms with Crippen molar-refractivity contribution in [3.05, 3.63) is 28.7 Å². The molecule has 0 radical (unpaired) electrons. The number of hydrogen-bond donors (Lipinski definition) is 2. The summed E-state index contributed by atoms with van der Waals surface area (Å²) in [6, 6.07) is 6.31. The van der Waals surface area contributed by atoms with Gasteiger partial charge in [0.15, 0.2) is 0 Å². The van der Waals surface area contributed by atoms with Gasteiger partial charge in [-0.2, -0.15) is 4.31 Å². The molecule has 1 amide bonds. The highest BCUT2D eigenvalue weighted by atomic mass is 79.9. The number of likely N-dealkylation sites (N-methyl/N-ethyl adjacent to an activating group) is 1. The van der Waals surface area contributed by atoms with E-state index in [0.717, 1.165) is 21.7 Å². The number of carbonyl (C=O) groups excluding carboxylic acids is 1. The van der Waals surface area contributed by atoms with E-state index in [9.17, 15) is 13.2 Å². The van der Waals surface area contributed by atoms with Crippen LogP contribution < -0.4 is 10.6 Å². The molecule has 0 fully saturated rings. The summed E-state index contributed by atoms with van der Waals surface area (Å²) in [5.41, 5.74) is 0. The summed E-state index contributed by atoms with van der Waals surface area (Å²) < 4.78 is 26.5. The zero-order chi connectivity index (χ0) is 16.6. The summed E-state index contributed by atoms with van der Waals surface area (Å²) in [5.74, 6) is -0.318. The molecule has 0 aromatic heterocycles. The summed E-state index contributed by atoms with van der Waals surface area (Å²) in [5, 5.41) is 5.84. The third kappa shape index (κ3) is 7.63. The van der Waals surface area contributed by atoms with Gasteiger partial charge in [-0.1, -0.05) is 22.9 Å². The fourth-order valence-corrected chi connectivity index (χ4v) is 3.11. The molecule has 0 atom stereocenters. The first kappa shape index (κ1) is 22.3. The van der Waals surface area contributed by atoms with Gasteiger partial charge in [0.1, 0.15) is 0 Å². The van der Waals surface area contributed by atoms with Gasteiger partial charge in [0.05, 0.1) is 11.4 Å². The van der Waals surface area contributed by atoms with Crippen molar-refractivity contribution in [2.75, 3.05) is 33.2 Å². The highest BCUT2D eigenvalue weighted by molar-refractivity contribution is 9.10. The minimum atomic E-state index is -3.65. The maximum Gasteiger partial charge on any atom is 0.243 e. The topological polar surface area (TPSA) is 78.5 Å². The molecule has 0 saturated heterocycles. The van der Waals surface area contributed by atoms with Gasteiger partial charge in [-0.15, -0.1) is 12.4 Å². The van der Waals surface area contributed by atoms with Crippen LogP contribution in [0.2, 0.25) is 0 Å². The van der Waals surface area contributed by atoms with E-state index in [1.54, 1.807) is 12.1 Å². The van der Waals surface area contributed by atoms with Crippen molar-refractivity contribution in [1.29, 1.82) is 0 Å². The molecule has 132 valence electrons. The van der Waals surface area contributed by atoms with Crippen LogP contribution in [0.25, 0.3) is 0 Å². The number of hydrogen-bond acceptors (Lipinski definition) is 4. The number of benzene rings is 1. The zero-order valence-electron chi connectivity index (χ0n) is 13.2. The summed E-state index contributed by atoms with van der Waals surface area (Å²) >= 11 is 3.26. The number of sulfonamides is 1. The second-order valence-corrected chi connectivity index (χ2v) is 7.78. The van der Waals surface area contributed by atoms with Crippen LogP contribution in [0.1, 0.15) is 13.3 Å². The first-order chi connectivity index (χ1) is 10.4. The number of amides is 1. The quantitative estimate of drug-likeness (QED) is 0.586. The third-order valence-corrected chi connectivity index (χ3v) is 5.29. The molecule has 0 bridgehead atoms. The van der Waals surface area contributed by atoms with Crippen molar-refractivity contribution < 1.29 is 13.2 Å². The van der Waals surface area contributed by atoms with Crippen LogP contribution >= 0.6 is 28.3 Å². The molecule has 1 aromatic carbocycles. The standard InChI is InChI=1S/C14H22BrN3O3S.ClH/c1-3-8-16-9-10-17-14(19)11-18(2)22(20,21)13-6-4-12(15)5-7-13;/h4-7,16H,3,8-11H2,1-2H3,(H,17,19);1H. The van der Waals surface area contributed by atoms with Crippen molar-refractivity contribution in [3.8, 4) is 0 Å². The Morgan fingerprint density at radius 1 is 1.17 bits per heavy atom. The molecule has 1 aromatic rings. The average molecular weight is 429 g/mol. The smallest absolute Gasteiger partial charge is 0.243 e. The number of nitrogens with zero attached hydrogens (tertiary/aromatic N) is 1. The SMILES string of the molecule is CCCNCCNC(=O)CN(C)S(=O)(=O)c1ccc(Br)cc1.Cl. The van der Waals surface area contributed by atoms with E-state index in [1.165, 1.54) is 19.2 Å². The minimum Gasteiger partial charge on any atom is -0.354 e. The van der Waals surface area contributed by atoms with Gasteiger partial charge in [0.2, 0.25) is 15.9 Å². The first-order valence-corrected chi connectivity index (χ1v) is 9.30. The molecule has 9 heteroatoms. The van der Waals surface area contributed by atoms with Gasteiger partial charge < -0.3 is 10.6 Å². The number of carbonyl (C=O) groups is 1. The van der Waals surface area contributed by atoms with Crippen LogP contribution in [0, 0.1) is 0 Å². The highest BCUT2D eigenvalue weighted by Crippen LogP contribution is 2.17. The number of halogens is 2. The maximum atomic E-state index is 12.3. The van der Waals surface area contributed by atoms with Crippen LogP contribution in [0.15, 0.2) is 33.6 Å². The summed E-state index contributed by atoms with van der Waals surface area (Å²) in [4.78, 5) is 11.9. The normalized spacial score (nSPS) is 11.1. The van der Waals surface area contributed by atoms with Crippen LogP contribution in [-0.4, -0.2) is 51.9 Å².